The molecule has 3 aromatic carbocycles. The summed E-state index contributed by atoms with van der Waals surface area (Å²) < 4.78 is 83.0. The Balaban J connectivity index is 1.64. The number of rotatable bonds is 5. The smallest absolute Gasteiger partial charge is 0.404 e. The van der Waals surface area contributed by atoms with E-state index in [4.69, 9.17) is 11.6 Å². The van der Waals surface area contributed by atoms with E-state index in [1.807, 2.05) is 0 Å². The number of carbonyl (C=O) groups is 1. The number of benzene rings is 3. The van der Waals surface area contributed by atoms with E-state index in [9.17, 15) is 31.1 Å². The summed E-state index contributed by atoms with van der Waals surface area (Å²) in [6, 6.07) is 17.5. The summed E-state index contributed by atoms with van der Waals surface area (Å²) in [7, 11) is 0. The minimum absolute atomic E-state index is 0.0421. The Morgan fingerprint density at radius 1 is 0.889 bits per heavy atom. The molecule has 0 aliphatic rings. The average molecular weight is 526 g/mol. The molecular formula is C24H14ClF6N3O2. The van der Waals surface area contributed by atoms with Crippen LogP contribution in [-0.4, -0.2) is 22.1 Å². The van der Waals surface area contributed by atoms with Crippen molar-refractivity contribution in [3.63, 3.8) is 0 Å². The number of anilines is 1. The van der Waals surface area contributed by atoms with E-state index in [1.54, 1.807) is 12.1 Å². The number of alkyl halides is 6. The number of hydrogen-bond acceptors (Lipinski definition) is 3. The van der Waals surface area contributed by atoms with Crippen LogP contribution in [0, 0.1) is 0 Å². The number of nitrogens with one attached hydrogen (secondary N) is 1. The van der Waals surface area contributed by atoms with Crippen molar-refractivity contribution in [2.45, 2.75) is 12.5 Å². The Bertz CT molecular complexity index is 1400. The number of hydrogen-bond donors (Lipinski definition) is 1. The molecule has 0 saturated heterocycles. The van der Waals surface area contributed by atoms with Crippen molar-refractivity contribution in [1.29, 1.82) is 0 Å². The fraction of sp³-hybridized carbons (Fsp3) is 0.0833. The standard InChI is InChI=1S/C24H14ClF6N3O2/c25-16-5-1-3-7-18(16)34-19(13-21(33-34)23(26,27)28)14-9-11-15(12-10-14)22(35)32-17-6-2-4-8-20(17)36-24(29,30)31/h1-13H,(H,32,35). The lowest BCUT2D eigenvalue weighted by Gasteiger charge is -2.14. The Kier molecular flexibility index (Phi) is 6.68. The first-order valence-corrected chi connectivity index (χ1v) is 10.5. The zero-order valence-electron chi connectivity index (χ0n) is 17.9. The molecule has 0 aliphatic heterocycles. The van der Waals surface area contributed by atoms with E-state index < -0.39 is 29.9 Å². The van der Waals surface area contributed by atoms with Gasteiger partial charge in [-0.15, -0.1) is 13.2 Å². The number of halogens is 7. The predicted octanol–water partition coefficient (Wildman–Crippen LogP) is 7.36. The second-order valence-electron chi connectivity index (χ2n) is 7.35. The van der Waals surface area contributed by atoms with Crippen LogP contribution in [0.2, 0.25) is 5.02 Å². The van der Waals surface area contributed by atoms with Gasteiger partial charge in [0, 0.05) is 11.1 Å². The Labute approximate surface area is 204 Å². The number of nitrogens with zero attached hydrogens (tertiary/aromatic N) is 2. The highest BCUT2D eigenvalue weighted by Crippen LogP contribution is 2.35. The highest BCUT2D eigenvalue weighted by Gasteiger charge is 2.35. The minimum atomic E-state index is -4.96. The maximum absolute atomic E-state index is 13.4. The van der Waals surface area contributed by atoms with Crippen LogP contribution >= 0.6 is 11.6 Å². The second-order valence-corrected chi connectivity index (χ2v) is 7.76. The number of aromatic nitrogens is 2. The molecule has 0 aliphatic carbocycles. The molecule has 1 amide bonds. The first-order chi connectivity index (χ1) is 16.9. The number of ether oxygens (including phenoxy) is 1. The summed E-state index contributed by atoms with van der Waals surface area (Å²) in [5.41, 5.74) is -0.745. The van der Waals surface area contributed by atoms with Crippen LogP contribution in [0.4, 0.5) is 32.0 Å². The summed E-state index contributed by atoms with van der Waals surface area (Å²) >= 11 is 6.16. The first kappa shape index (κ1) is 25.1. The summed E-state index contributed by atoms with van der Waals surface area (Å²) in [4.78, 5) is 12.6. The fourth-order valence-corrected chi connectivity index (χ4v) is 3.52. The van der Waals surface area contributed by atoms with Gasteiger partial charge in [-0.1, -0.05) is 48.0 Å². The molecule has 0 unspecified atom stereocenters. The molecule has 0 fully saturated rings. The van der Waals surface area contributed by atoms with Gasteiger partial charge in [-0.25, -0.2) is 4.68 Å². The van der Waals surface area contributed by atoms with Crippen LogP contribution in [0.25, 0.3) is 16.9 Å². The highest BCUT2D eigenvalue weighted by molar-refractivity contribution is 6.32. The van der Waals surface area contributed by atoms with Gasteiger partial charge in [-0.2, -0.15) is 18.3 Å². The summed E-state index contributed by atoms with van der Waals surface area (Å²) in [6.45, 7) is 0. The van der Waals surface area contributed by atoms with E-state index in [-0.39, 0.29) is 33.2 Å². The van der Waals surface area contributed by atoms with Gasteiger partial charge in [-0.05, 0) is 42.5 Å². The third-order valence-electron chi connectivity index (χ3n) is 4.88. The lowest BCUT2D eigenvalue weighted by Crippen LogP contribution is -2.19. The van der Waals surface area contributed by atoms with Gasteiger partial charge < -0.3 is 10.1 Å². The SMILES string of the molecule is O=C(Nc1ccccc1OC(F)(F)F)c1ccc(-c2cc(C(F)(F)F)nn2-c2ccccc2Cl)cc1. The van der Waals surface area contributed by atoms with Crippen LogP contribution < -0.4 is 10.1 Å². The molecule has 186 valence electrons. The van der Waals surface area contributed by atoms with Crippen molar-refractivity contribution < 1.29 is 35.9 Å². The largest absolute Gasteiger partial charge is 0.573 e. The molecule has 0 bridgehead atoms. The normalized spacial score (nSPS) is 11.9. The number of para-hydroxylation sites is 3. The molecule has 0 atom stereocenters. The number of carbonyl (C=O) groups excluding carboxylic acids is 1. The Morgan fingerprint density at radius 3 is 2.17 bits per heavy atom. The molecule has 4 aromatic rings. The summed E-state index contributed by atoms with van der Waals surface area (Å²) in [6.07, 6.45) is -9.67. The van der Waals surface area contributed by atoms with Crippen molar-refractivity contribution >= 4 is 23.2 Å². The predicted molar refractivity (Wildman–Crippen MR) is 120 cm³/mol. The molecule has 5 nitrogen and oxygen atoms in total. The maximum atomic E-state index is 13.4. The van der Waals surface area contributed by atoms with Crippen LogP contribution in [0.15, 0.2) is 78.9 Å². The van der Waals surface area contributed by atoms with Gasteiger partial charge in [-0.3, -0.25) is 4.79 Å². The zero-order chi connectivity index (χ0) is 26.1. The lowest BCUT2D eigenvalue weighted by molar-refractivity contribution is -0.274. The van der Waals surface area contributed by atoms with Crippen LogP contribution in [-0.2, 0) is 6.18 Å². The zero-order valence-corrected chi connectivity index (χ0v) is 18.6. The van der Waals surface area contributed by atoms with Crippen LogP contribution in [0.3, 0.4) is 0 Å². The topological polar surface area (TPSA) is 56.1 Å². The van der Waals surface area contributed by atoms with Gasteiger partial charge in [0.1, 0.15) is 0 Å². The molecular weight excluding hydrogens is 512 g/mol. The fourth-order valence-electron chi connectivity index (χ4n) is 3.30. The van der Waals surface area contributed by atoms with Crippen molar-refractivity contribution in [3.05, 3.63) is 95.1 Å². The van der Waals surface area contributed by atoms with E-state index >= 15 is 0 Å². The molecule has 1 heterocycles. The quantitative estimate of drug-likeness (QED) is 0.277. The Morgan fingerprint density at radius 2 is 1.53 bits per heavy atom. The van der Waals surface area contributed by atoms with E-state index in [0.29, 0.717) is 0 Å². The lowest BCUT2D eigenvalue weighted by atomic mass is 10.1. The average Bonchev–Trinajstić information content (AvgIpc) is 3.26. The van der Waals surface area contributed by atoms with Crippen LogP contribution in [0.5, 0.6) is 5.75 Å². The molecule has 12 heteroatoms. The minimum Gasteiger partial charge on any atom is -0.404 e. The summed E-state index contributed by atoms with van der Waals surface area (Å²) in [5.74, 6) is -1.35. The third kappa shape index (κ3) is 5.62. The van der Waals surface area contributed by atoms with Gasteiger partial charge in [0.15, 0.2) is 11.4 Å². The van der Waals surface area contributed by atoms with E-state index in [0.717, 1.165) is 16.8 Å². The molecule has 0 spiro atoms. The molecule has 4 rings (SSSR count). The molecule has 36 heavy (non-hydrogen) atoms. The van der Waals surface area contributed by atoms with Crippen molar-refractivity contribution in [2.75, 3.05) is 5.32 Å². The van der Waals surface area contributed by atoms with Gasteiger partial charge in [0.05, 0.1) is 22.1 Å². The van der Waals surface area contributed by atoms with Crippen molar-refractivity contribution in [3.8, 4) is 22.7 Å². The molecule has 1 aromatic heterocycles. The second kappa shape index (κ2) is 9.57. The van der Waals surface area contributed by atoms with Gasteiger partial charge >= 0.3 is 12.5 Å². The molecule has 1 N–H and O–H groups in total. The Hall–Kier alpha value is -3.99. The highest BCUT2D eigenvalue weighted by atomic mass is 35.5. The van der Waals surface area contributed by atoms with E-state index in [1.165, 1.54) is 54.6 Å². The number of amides is 1. The third-order valence-corrected chi connectivity index (χ3v) is 5.20. The maximum Gasteiger partial charge on any atom is 0.573 e. The van der Waals surface area contributed by atoms with Gasteiger partial charge in [0.2, 0.25) is 0 Å². The van der Waals surface area contributed by atoms with Crippen LogP contribution in [0.1, 0.15) is 16.1 Å². The van der Waals surface area contributed by atoms with Crippen molar-refractivity contribution in [1.82, 2.24) is 9.78 Å². The van der Waals surface area contributed by atoms with Gasteiger partial charge in [0.25, 0.3) is 5.91 Å². The first-order valence-electron chi connectivity index (χ1n) is 10.1. The van der Waals surface area contributed by atoms with E-state index in [2.05, 4.69) is 15.2 Å². The molecule has 0 saturated carbocycles. The molecule has 0 radical (unpaired) electrons. The van der Waals surface area contributed by atoms with Crippen molar-refractivity contribution in [2.24, 2.45) is 0 Å². The summed E-state index contributed by atoms with van der Waals surface area (Å²) in [5, 5.41) is 6.17. The monoisotopic (exact) mass is 525 g/mol.